The molecule has 0 bridgehead atoms. The molecule has 3 N–H and O–H groups in total. The molecule has 1 aliphatic heterocycles. The van der Waals surface area contributed by atoms with E-state index in [-0.39, 0.29) is 6.54 Å². The van der Waals surface area contributed by atoms with Crippen LogP contribution >= 0.6 is 0 Å². The van der Waals surface area contributed by atoms with E-state index in [1.54, 1.807) is 0 Å². The zero-order valence-electron chi connectivity index (χ0n) is 5.94. The first-order valence-electron chi connectivity index (χ1n) is 3.43. The molecule has 0 saturated carbocycles. The van der Waals surface area contributed by atoms with Gasteiger partial charge in [-0.05, 0) is 13.0 Å². The predicted molar refractivity (Wildman–Crippen MR) is 35.1 cm³/mol. The molecule has 1 saturated heterocycles. The number of alkyl halides is 2. The molecule has 1 rings (SSSR count). The topological polar surface area (TPSA) is 55.1 Å². The highest BCUT2D eigenvalue weighted by Crippen LogP contribution is 2.28. The third kappa shape index (κ3) is 1.48. The zero-order valence-corrected chi connectivity index (χ0v) is 5.94. The molecule has 1 fully saturated rings. The Hall–Kier alpha value is -0.710. The second-order valence-electron chi connectivity index (χ2n) is 2.68. The van der Waals surface area contributed by atoms with Gasteiger partial charge in [0.2, 0.25) is 0 Å². The van der Waals surface area contributed by atoms with Crippen LogP contribution in [0.2, 0.25) is 0 Å². The van der Waals surface area contributed by atoms with Crippen LogP contribution in [0.5, 0.6) is 0 Å². The summed E-state index contributed by atoms with van der Waals surface area (Å²) in [5.74, 6) is -5.78. The molecule has 0 aliphatic carbocycles. The summed E-state index contributed by atoms with van der Waals surface area (Å²) in [6.45, 7) is 0.712. The van der Waals surface area contributed by atoms with Crippen molar-refractivity contribution in [1.29, 1.82) is 0 Å². The lowest BCUT2D eigenvalue weighted by molar-refractivity contribution is -0.149. The Labute approximate surface area is 62.9 Å². The number of hydrogen-bond donors (Lipinski definition) is 2. The van der Waals surface area contributed by atoms with Gasteiger partial charge in [0.25, 0.3) is 5.91 Å². The molecule has 11 heavy (non-hydrogen) atoms. The number of amides is 1. The van der Waals surface area contributed by atoms with Crippen LogP contribution in [0.15, 0.2) is 0 Å². The minimum Gasteiger partial charge on any atom is -0.364 e. The molecule has 0 aromatic carbocycles. The fraction of sp³-hybridized carbons (Fsp3) is 0.833. The maximum absolute atomic E-state index is 12.7. The highest BCUT2D eigenvalue weighted by Gasteiger charge is 2.46. The number of primary amides is 1. The molecule has 1 aliphatic rings. The highest BCUT2D eigenvalue weighted by atomic mass is 19.3. The largest absolute Gasteiger partial charge is 0.364 e. The van der Waals surface area contributed by atoms with Crippen molar-refractivity contribution in [2.45, 2.75) is 12.3 Å². The van der Waals surface area contributed by atoms with Crippen molar-refractivity contribution < 1.29 is 13.6 Å². The Morgan fingerprint density at radius 1 is 1.64 bits per heavy atom. The van der Waals surface area contributed by atoms with Crippen molar-refractivity contribution in [3.63, 3.8) is 0 Å². The second-order valence-corrected chi connectivity index (χ2v) is 2.68. The van der Waals surface area contributed by atoms with E-state index in [2.05, 4.69) is 11.1 Å². The van der Waals surface area contributed by atoms with Crippen LogP contribution < -0.4 is 11.1 Å². The molecule has 0 aromatic rings. The van der Waals surface area contributed by atoms with Crippen molar-refractivity contribution in [3.8, 4) is 0 Å². The maximum atomic E-state index is 12.7. The van der Waals surface area contributed by atoms with E-state index in [9.17, 15) is 13.6 Å². The van der Waals surface area contributed by atoms with E-state index in [1.165, 1.54) is 0 Å². The number of carbonyl (C=O) groups excluding carboxylic acids is 1. The molecule has 64 valence electrons. The SMILES string of the molecule is NC(=O)C(F)(F)C1CCNC1. The fourth-order valence-electron chi connectivity index (χ4n) is 1.17. The van der Waals surface area contributed by atoms with E-state index >= 15 is 0 Å². The van der Waals surface area contributed by atoms with Gasteiger partial charge < -0.3 is 11.1 Å². The van der Waals surface area contributed by atoms with E-state index in [4.69, 9.17) is 0 Å². The summed E-state index contributed by atoms with van der Waals surface area (Å²) < 4.78 is 25.5. The van der Waals surface area contributed by atoms with Crippen LogP contribution in [0.1, 0.15) is 6.42 Å². The molecular formula is C6H10F2N2O. The highest BCUT2D eigenvalue weighted by molar-refractivity contribution is 5.81. The van der Waals surface area contributed by atoms with Gasteiger partial charge in [0, 0.05) is 12.5 Å². The summed E-state index contributed by atoms with van der Waals surface area (Å²) in [4.78, 5) is 10.3. The molecule has 1 heterocycles. The average molecular weight is 164 g/mol. The molecule has 0 spiro atoms. The van der Waals surface area contributed by atoms with Crippen molar-refractivity contribution in [3.05, 3.63) is 0 Å². The van der Waals surface area contributed by atoms with Crippen LogP contribution in [-0.2, 0) is 4.79 Å². The summed E-state index contributed by atoms with van der Waals surface area (Å²) in [6, 6.07) is 0. The maximum Gasteiger partial charge on any atom is 0.328 e. The van der Waals surface area contributed by atoms with Crippen LogP contribution in [-0.4, -0.2) is 24.9 Å². The number of halogens is 2. The quantitative estimate of drug-likeness (QED) is 0.589. The van der Waals surface area contributed by atoms with Gasteiger partial charge >= 0.3 is 5.92 Å². The van der Waals surface area contributed by atoms with Crippen LogP contribution in [0.4, 0.5) is 8.78 Å². The lowest BCUT2D eigenvalue weighted by atomic mass is 10.0. The third-order valence-electron chi connectivity index (χ3n) is 1.90. The molecule has 1 amide bonds. The summed E-state index contributed by atoms with van der Waals surface area (Å²) in [6.07, 6.45) is 0.315. The van der Waals surface area contributed by atoms with Crippen LogP contribution in [0.3, 0.4) is 0 Å². The smallest absolute Gasteiger partial charge is 0.328 e. The molecule has 1 atom stereocenters. The third-order valence-corrected chi connectivity index (χ3v) is 1.90. The van der Waals surface area contributed by atoms with Gasteiger partial charge in [0.15, 0.2) is 0 Å². The van der Waals surface area contributed by atoms with Gasteiger partial charge in [-0.3, -0.25) is 4.79 Å². The van der Waals surface area contributed by atoms with E-state index < -0.39 is 17.7 Å². The minimum absolute atomic E-state index is 0.177. The Morgan fingerprint density at radius 2 is 2.27 bits per heavy atom. The van der Waals surface area contributed by atoms with E-state index in [1.807, 2.05) is 0 Å². The Balaban J connectivity index is 2.62. The van der Waals surface area contributed by atoms with Crippen molar-refractivity contribution in [2.75, 3.05) is 13.1 Å². The van der Waals surface area contributed by atoms with E-state index in [0.717, 1.165) is 0 Å². The van der Waals surface area contributed by atoms with Gasteiger partial charge in [0.05, 0.1) is 0 Å². The molecular weight excluding hydrogens is 154 g/mol. The molecule has 5 heteroatoms. The van der Waals surface area contributed by atoms with Crippen molar-refractivity contribution in [1.82, 2.24) is 5.32 Å². The van der Waals surface area contributed by atoms with Gasteiger partial charge in [-0.2, -0.15) is 8.78 Å². The van der Waals surface area contributed by atoms with Crippen LogP contribution in [0, 0.1) is 5.92 Å². The summed E-state index contributed by atoms with van der Waals surface area (Å²) in [5, 5.41) is 2.75. The molecule has 0 aromatic heterocycles. The molecule has 1 unspecified atom stereocenters. The Morgan fingerprint density at radius 3 is 2.64 bits per heavy atom. The normalized spacial score (nSPS) is 25.5. The van der Waals surface area contributed by atoms with Gasteiger partial charge in [0.1, 0.15) is 0 Å². The lowest BCUT2D eigenvalue weighted by Gasteiger charge is -2.17. The lowest BCUT2D eigenvalue weighted by Crippen LogP contribution is -2.43. The summed E-state index contributed by atoms with van der Waals surface area (Å²) in [7, 11) is 0. The standard InChI is InChI=1S/C6H10F2N2O/c7-6(8,5(9)11)4-1-2-10-3-4/h4,10H,1-3H2,(H2,9,11). The first-order valence-corrected chi connectivity index (χ1v) is 3.43. The number of nitrogens with two attached hydrogens (primary N) is 1. The van der Waals surface area contributed by atoms with Crippen molar-refractivity contribution in [2.24, 2.45) is 11.7 Å². The number of carbonyl (C=O) groups is 1. The fourth-order valence-corrected chi connectivity index (χ4v) is 1.17. The van der Waals surface area contributed by atoms with Gasteiger partial charge in [-0.25, -0.2) is 0 Å². The van der Waals surface area contributed by atoms with Gasteiger partial charge in [-0.1, -0.05) is 0 Å². The Bertz CT molecular complexity index is 166. The number of rotatable bonds is 2. The molecule has 0 radical (unpaired) electrons. The average Bonchev–Trinajstić information content (AvgIpc) is 2.37. The van der Waals surface area contributed by atoms with Crippen LogP contribution in [0.25, 0.3) is 0 Å². The Kier molecular flexibility index (Phi) is 2.08. The first-order chi connectivity index (χ1) is 5.05. The summed E-state index contributed by atoms with van der Waals surface area (Å²) in [5.41, 5.74) is 4.53. The monoisotopic (exact) mass is 164 g/mol. The van der Waals surface area contributed by atoms with E-state index in [0.29, 0.717) is 13.0 Å². The van der Waals surface area contributed by atoms with Gasteiger partial charge in [-0.15, -0.1) is 0 Å². The molecule has 3 nitrogen and oxygen atoms in total. The summed E-state index contributed by atoms with van der Waals surface area (Å²) >= 11 is 0. The first kappa shape index (κ1) is 8.39. The number of nitrogens with one attached hydrogen (secondary N) is 1. The zero-order chi connectivity index (χ0) is 8.48. The van der Waals surface area contributed by atoms with Crippen molar-refractivity contribution >= 4 is 5.91 Å². The number of hydrogen-bond acceptors (Lipinski definition) is 2. The minimum atomic E-state index is -3.34. The second kappa shape index (κ2) is 2.73. The predicted octanol–water partition coefficient (Wildman–Crippen LogP) is -0.284.